The van der Waals surface area contributed by atoms with Gasteiger partial charge in [0.05, 0.1) is 12.5 Å². The molecule has 1 heterocycles. The van der Waals surface area contributed by atoms with Crippen LogP contribution in [-0.2, 0) is 9.59 Å². The van der Waals surface area contributed by atoms with Gasteiger partial charge in [0, 0.05) is 17.3 Å². The van der Waals surface area contributed by atoms with E-state index in [-0.39, 0.29) is 23.9 Å². The highest BCUT2D eigenvalue weighted by molar-refractivity contribution is 7.99. The van der Waals surface area contributed by atoms with Crippen LogP contribution in [0.15, 0.2) is 0 Å². The SMILES string of the molecule is CCC(C)N1C(=O)CC(NC2CCC(SC)CC2)C1=O. The standard InChI is InChI=1S/C15H26N2O2S/c1-4-10(2)17-14(18)9-13(15(17)19)16-11-5-7-12(20-3)8-6-11/h10-13,16H,4-9H2,1-3H3. The molecular formula is C15H26N2O2S. The molecule has 0 bridgehead atoms. The molecule has 0 aromatic heterocycles. The van der Waals surface area contributed by atoms with Crippen molar-refractivity contribution >= 4 is 23.6 Å². The molecule has 1 saturated carbocycles. The Balaban J connectivity index is 1.88. The Labute approximate surface area is 126 Å². The summed E-state index contributed by atoms with van der Waals surface area (Å²) in [4.78, 5) is 25.8. The summed E-state index contributed by atoms with van der Waals surface area (Å²) < 4.78 is 0. The van der Waals surface area contributed by atoms with Gasteiger partial charge in [0.1, 0.15) is 0 Å². The molecule has 2 unspecified atom stereocenters. The summed E-state index contributed by atoms with van der Waals surface area (Å²) in [6, 6.07) is 0.137. The topological polar surface area (TPSA) is 49.4 Å². The molecule has 1 saturated heterocycles. The average molecular weight is 298 g/mol. The van der Waals surface area contributed by atoms with Gasteiger partial charge in [0.25, 0.3) is 0 Å². The quantitative estimate of drug-likeness (QED) is 0.790. The van der Waals surface area contributed by atoms with Crippen LogP contribution in [0.4, 0.5) is 0 Å². The fourth-order valence-electron chi connectivity index (χ4n) is 3.18. The lowest BCUT2D eigenvalue weighted by atomic mass is 9.94. The van der Waals surface area contributed by atoms with E-state index in [4.69, 9.17) is 0 Å². The van der Waals surface area contributed by atoms with Crippen LogP contribution in [0.2, 0.25) is 0 Å². The van der Waals surface area contributed by atoms with E-state index in [1.165, 1.54) is 17.7 Å². The molecule has 1 aliphatic carbocycles. The smallest absolute Gasteiger partial charge is 0.247 e. The fraction of sp³-hybridized carbons (Fsp3) is 0.867. The van der Waals surface area contributed by atoms with Gasteiger partial charge < -0.3 is 5.32 Å². The van der Waals surface area contributed by atoms with Gasteiger partial charge in [-0.3, -0.25) is 14.5 Å². The molecule has 2 atom stereocenters. The number of likely N-dealkylation sites (tertiary alicyclic amines) is 1. The van der Waals surface area contributed by atoms with Crippen molar-refractivity contribution in [1.82, 2.24) is 10.2 Å². The Morgan fingerprint density at radius 1 is 1.30 bits per heavy atom. The Morgan fingerprint density at radius 2 is 1.95 bits per heavy atom. The molecule has 2 amide bonds. The van der Waals surface area contributed by atoms with Crippen LogP contribution in [0.5, 0.6) is 0 Å². The van der Waals surface area contributed by atoms with E-state index in [0.29, 0.717) is 12.5 Å². The van der Waals surface area contributed by atoms with Crippen molar-refractivity contribution in [3.05, 3.63) is 0 Å². The van der Waals surface area contributed by atoms with Crippen molar-refractivity contribution in [3.63, 3.8) is 0 Å². The summed E-state index contributed by atoms with van der Waals surface area (Å²) in [7, 11) is 0. The minimum atomic E-state index is -0.285. The van der Waals surface area contributed by atoms with Gasteiger partial charge in [-0.2, -0.15) is 11.8 Å². The number of carbonyl (C=O) groups excluding carboxylic acids is 2. The lowest BCUT2D eigenvalue weighted by Crippen LogP contribution is -2.46. The first-order valence-corrected chi connectivity index (χ1v) is 9.00. The summed E-state index contributed by atoms with van der Waals surface area (Å²) in [6.07, 6.45) is 7.99. The van der Waals surface area contributed by atoms with Gasteiger partial charge in [-0.15, -0.1) is 0 Å². The van der Waals surface area contributed by atoms with Crippen molar-refractivity contribution in [2.45, 2.75) is 75.7 Å². The highest BCUT2D eigenvalue weighted by Gasteiger charge is 2.41. The third-order valence-electron chi connectivity index (χ3n) is 4.66. The molecule has 20 heavy (non-hydrogen) atoms. The number of amides is 2. The first-order chi connectivity index (χ1) is 9.56. The zero-order chi connectivity index (χ0) is 14.7. The van der Waals surface area contributed by atoms with Crippen LogP contribution in [-0.4, -0.2) is 46.3 Å². The summed E-state index contributed by atoms with van der Waals surface area (Å²) in [5, 5.41) is 4.20. The van der Waals surface area contributed by atoms with E-state index in [1.807, 2.05) is 25.6 Å². The van der Waals surface area contributed by atoms with E-state index < -0.39 is 0 Å². The molecule has 114 valence electrons. The number of rotatable bonds is 5. The molecule has 2 rings (SSSR count). The van der Waals surface area contributed by atoms with Gasteiger partial charge in [-0.1, -0.05) is 6.92 Å². The summed E-state index contributed by atoms with van der Waals surface area (Å²) in [5.41, 5.74) is 0. The second kappa shape index (κ2) is 6.94. The van der Waals surface area contributed by atoms with E-state index >= 15 is 0 Å². The Hall–Kier alpha value is -0.550. The van der Waals surface area contributed by atoms with Crippen molar-refractivity contribution in [2.75, 3.05) is 6.26 Å². The maximum atomic E-state index is 12.3. The molecule has 1 N–H and O–H groups in total. The van der Waals surface area contributed by atoms with Gasteiger partial charge in [-0.25, -0.2) is 0 Å². The number of nitrogens with one attached hydrogen (secondary N) is 1. The summed E-state index contributed by atoms with van der Waals surface area (Å²) in [5.74, 6) is -0.0315. The summed E-state index contributed by atoms with van der Waals surface area (Å²) in [6.45, 7) is 3.96. The van der Waals surface area contributed by atoms with Gasteiger partial charge in [-0.05, 0) is 45.3 Å². The average Bonchev–Trinajstić information content (AvgIpc) is 2.73. The Kier molecular flexibility index (Phi) is 5.49. The van der Waals surface area contributed by atoms with E-state index in [9.17, 15) is 9.59 Å². The van der Waals surface area contributed by atoms with Crippen molar-refractivity contribution in [2.24, 2.45) is 0 Å². The fourth-order valence-corrected chi connectivity index (χ4v) is 3.92. The normalized spacial score (nSPS) is 32.8. The third kappa shape index (κ3) is 3.37. The zero-order valence-corrected chi connectivity index (χ0v) is 13.5. The van der Waals surface area contributed by atoms with Crippen molar-refractivity contribution in [1.29, 1.82) is 0 Å². The predicted octanol–water partition coefficient (Wildman–Crippen LogP) is 2.18. The van der Waals surface area contributed by atoms with Crippen LogP contribution in [0.3, 0.4) is 0 Å². The lowest BCUT2D eigenvalue weighted by Gasteiger charge is -2.30. The van der Waals surface area contributed by atoms with Crippen LogP contribution >= 0.6 is 11.8 Å². The van der Waals surface area contributed by atoms with Crippen LogP contribution in [0.25, 0.3) is 0 Å². The molecule has 0 radical (unpaired) electrons. The predicted molar refractivity (Wildman–Crippen MR) is 82.7 cm³/mol. The van der Waals surface area contributed by atoms with Gasteiger partial charge >= 0.3 is 0 Å². The summed E-state index contributed by atoms with van der Waals surface area (Å²) >= 11 is 1.94. The Bertz CT molecular complexity index is 367. The second-order valence-electron chi connectivity index (χ2n) is 5.99. The first-order valence-electron chi connectivity index (χ1n) is 7.71. The van der Waals surface area contributed by atoms with Crippen LogP contribution < -0.4 is 5.32 Å². The Morgan fingerprint density at radius 3 is 2.50 bits per heavy atom. The minimum absolute atomic E-state index is 0.0142. The monoisotopic (exact) mass is 298 g/mol. The molecule has 4 nitrogen and oxygen atoms in total. The van der Waals surface area contributed by atoms with E-state index in [2.05, 4.69) is 11.6 Å². The number of thioether (sulfide) groups is 1. The molecule has 2 fully saturated rings. The van der Waals surface area contributed by atoms with Crippen molar-refractivity contribution in [3.8, 4) is 0 Å². The molecule has 0 aromatic carbocycles. The number of hydrogen-bond donors (Lipinski definition) is 1. The molecule has 1 aliphatic heterocycles. The zero-order valence-electron chi connectivity index (χ0n) is 12.7. The highest BCUT2D eigenvalue weighted by atomic mass is 32.2. The first kappa shape index (κ1) is 15.8. The lowest BCUT2D eigenvalue weighted by molar-refractivity contribution is -0.141. The minimum Gasteiger partial charge on any atom is -0.303 e. The molecule has 0 aromatic rings. The number of imide groups is 1. The number of carbonyl (C=O) groups is 2. The van der Waals surface area contributed by atoms with Crippen LogP contribution in [0.1, 0.15) is 52.4 Å². The number of nitrogens with zero attached hydrogens (tertiary/aromatic N) is 1. The van der Waals surface area contributed by atoms with Crippen LogP contribution in [0, 0.1) is 0 Å². The largest absolute Gasteiger partial charge is 0.303 e. The van der Waals surface area contributed by atoms with Gasteiger partial charge in [0.2, 0.25) is 11.8 Å². The van der Waals surface area contributed by atoms with E-state index in [0.717, 1.165) is 24.5 Å². The highest BCUT2D eigenvalue weighted by Crippen LogP contribution is 2.28. The molecule has 5 heteroatoms. The van der Waals surface area contributed by atoms with Crippen molar-refractivity contribution < 1.29 is 9.59 Å². The maximum Gasteiger partial charge on any atom is 0.247 e. The van der Waals surface area contributed by atoms with E-state index in [1.54, 1.807) is 0 Å². The third-order valence-corrected chi connectivity index (χ3v) is 5.80. The molecule has 2 aliphatic rings. The molecule has 0 spiro atoms. The number of hydrogen-bond acceptors (Lipinski definition) is 4. The second-order valence-corrected chi connectivity index (χ2v) is 7.13. The molecular weight excluding hydrogens is 272 g/mol. The van der Waals surface area contributed by atoms with Gasteiger partial charge in [0.15, 0.2) is 0 Å². The maximum absolute atomic E-state index is 12.3.